The monoisotopic (exact) mass is 338 g/mol. The number of hydrogen-bond donors (Lipinski definition) is 1. The van der Waals surface area contributed by atoms with Gasteiger partial charge in [0.25, 0.3) is 11.8 Å². The number of nitrogens with zero attached hydrogens (tertiary/aromatic N) is 1. The van der Waals surface area contributed by atoms with E-state index in [-0.39, 0.29) is 5.57 Å². The number of ether oxygens (including phenoxy) is 2. The Labute approximate surface area is 145 Å². The molecule has 1 fully saturated rings. The number of anilines is 1. The van der Waals surface area contributed by atoms with Gasteiger partial charge in [-0.3, -0.25) is 15.0 Å². The van der Waals surface area contributed by atoms with Crippen molar-refractivity contribution in [2.24, 2.45) is 0 Å². The van der Waals surface area contributed by atoms with Crippen molar-refractivity contribution in [3.8, 4) is 11.5 Å². The molecule has 1 saturated heterocycles. The SMILES string of the molecule is CCOc1cc(/C=C2\C(=O)NN(c3ccccc3)C2=O)ccc1OC. The summed E-state index contributed by atoms with van der Waals surface area (Å²) in [5, 5.41) is 1.24. The first-order chi connectivity index (χ1) is 12.1. The molecular weight excluding hydrogens is 320 g/mol. The second-order valence-corrected chi connectivity index (χ2v) is 5.32. The van der Waals surface area contributed by atoms with E-state index in [1.165, 1.54) is 5.01 Å². The van der Waals surface area contributed by atoms with E-state index in [1.807, 2.05) is 13.0 Å². The Balaban J connectivity index is 1.92. The molecule has 128 valence electrons. The van der Waals surface area contributed by atoms with Crippen molar-refractivity contribution in [3.63, 3.8) is 0 Å². The molecule has 6 nitrogen and oxygen atoms in total. The standard InChI is InChI=1S/C19H18N2O4/c1-3-25-17-12-13(9-10-16(17)24-2)11-15-18(22)20-21(19(15)23)14-7-5-4-6-8-14/h4-12H,3H2,1-2H3,(H,20,22)/b15-11+. The van der Waals surface area contributed by atoms with Gasteiger partial charge in [-0.05, 0) is 42.8 Å². The molecule has 0 saturated carbocycles. The summed E-state index contributed by atoms with van der Waals surface area (Å²) in [5.41, 5.74) is 3.92. The first-order valence-electron chi connectivity index (χ1n) is 7.87. The molecule has 2 aromatic carbocycles. The van der Waals surface area contributed by atoms with Crippen LogP contribution in [0.2, 0.25) is 0 Å². The molecule has 1 aliphatic heterocycles. The summed E-state index contributed by atoms with van der Waals surface area (Å²) >= 11 is 0. The van der Waals surface area contributed by atoms with Gasteiger partial charge in [0, 0.05) is 0 Å². The van der Waals surface area contributed by atoms with E-state index in [0.29, 0.717) is 29.4 Å². The summed E-state index contributed by atoms with van der Waals surface area (Å²) < 4.78 is 10.8. The van der Waals surface area contributed by atoms with Crippen LogP contribution in [0, 0.1) is 0 Å². The Bertz CT molecular complexity index is 831. The van der Waals surface area contributed by atoms with Gasteiger partial charge in [-0.25, -0.2) is 5.01 Å². The van der Waals surface area contributed by atoms with Crippen LogP contribution in [0.4, 0.5) is 5.69 Å². The molecule has 0 spiro atoms. The second kappa shape index (κ2) is 7.09. The van der Waals surface area contributed by atoms with E-state index < -0.39 is 11.8 Å². The Hall–Kier alpha value is -3.28. The number of amides is 2. The van der Waals surface area contributed by atoms with Crippen molar-refractivity contribution in [1.29, 1.82) is 0 Å². The second-order valence-electron chi connectivity index (χ2n) is 5.32. The highest BCUT2D eigenvalue weighted by molar-refractivity contribution is 6.31. The summed E-state index contributed by atoms with van der Waals surface area (Å²) in [4.78, 5) is 24.8. The van der Waals surface area contributed by atoms with Crippen molar-refractivity contribution in [2.45, 2.75) is 6.92 Å². The fraction of sp³-hybridized carbons (Fsp3) is 0.158. The minimum Gasteiger partial charge on any atom is -0.493 e. The molecule has 2 aromatic rings. The van der Waals surface area contributed by atoms with Gasteiger partial charge < -0.3 is 9.47 Å². The smallest absolute Gasteiger partial charge is 0.282 e. The lowest BCUT2D eigenvalue weighted by Crippen LogP contribution is -2.35. The van der Waals surface area contributed by atoms with E-state index in [1.54, 1.807) is 55.7 Å². The first-order valence-corrected chi connectivity index (χ1v) is 7.87. The highest BCUT2D eigenvalue weighted by Gasteiger charge is 2.34. The lowest BCUT2D eigenvalue weighted by atomic mass is 10.1. The molecule has 25 heavy (non-hydrogen) atoms. The topological polar surface area (TPSA) is 67.9 Å². The largest absolute Gasteiger partial charge is 0.493 e. The summed E-state index contributed by atoms with van der Waals surface area (Å²) in [6.07, 6.45) is 1.54. The number of nitrogens with one attached hydrogen (secondary N) is 1. The molecule has 6 heteroatoms. The van der Waals surface area contributed by atoms with Crippen LogP contribution in [0.15, 0.2) is 54.1 Å². The van der Waals surface area contributed by atoms with Crippen LogP contribution in [0.3, 0.4) is 0 Å². The third-order valence-corrected chi connectivity index (χ3v) is 3.70. The number of hydrazine groups is 1. The van der Waals surface area contributed by atoms with Gasteiger partial charge in [-0.15, -0.1) is 0 Å². The number of rotatable bonds is 5. The molecule has 1 N–H and O–H groups in total. The predicted octanol–water partition coefficient (Wildman–Crippen LogP) is 2.56. The van der Waals surface area contributed by atoms with Crippen LogP contribution in [0.5, 0.6) is 11.5 Å². The van der Waals surface area contributed by atoms with E-state index in [9.17, 15) is 9.59 Å². The third-order valence-electron chi connectivity index (χ3n) is 3.70. The summed E-state index contributed by atoms with van der Waals surface area (Å²) in [7, 11) is 1.56. The minimum atomic E-state index is -0.442. The van der Waals surface area contributed by atoms with Crippen LogP contribution in [-0.4, -0.2) is 25.5 Å². The van der Waals surface area contributed by atoms with Crippen LogP contribution in [0.25, 0.3) is 6.08 Å². The molecule has 0 bridgehead atoms. The van der Waals surface area contributed by atoms with Crippen LogP contribution < -0.4 is 19.9 Å². The maximum Gasteiger partial charge on any atom is 0.282 e. The van der Waals surface area contributed by atoms with Crippen LogP contribution >= 0.6 is 0 Å². The van der Waals surface area contributed by atoms with E-state index >= 15 is 0 Å². The van der Waals surface area contributed by atoms with Gasteiger partial charge in [-0.1, -0.05) is 24.3 Å². The van der Waals surface area contributed by atoms with Gasteiger partial charge in [0.1, 0.15) is 5.57 Å². The lowest BCUT2D eigenvalue weighted by Gasteiger charge is -2.13. The molecule has 0 aromatic heterocycles. The molecule has 0 radical (unpaired) electrons. The van der Waals surface area contributed by atoms with Gasteiger partial charge in [0.05, 0.1) is 19.4 Å². The Kier molecular flexibility index (Phi) is 4.70. The number of carbonyl (C=O) groups is 2. The van der Waals surface area contributed by atoms with Crippen LogP contribution in [-0.2, 0) is 9.59 Å². The number of benzene rings is 2. The number of hydrogen-bond acceptors (Lipinski definition) is 4. The van der Waals surface area contributed by atoms with Crippen molar-refractivity contribution < 1.29 is 19.1 Å². The van der Waals surface area contributed by atoms with Gasteiger partial charge >= 0.3 is 0 Å². The maximum atomic E-state index is 12.6. The number of para-hydroxylation sites is 1. The van der Waals surface area contributed by atoms with Crippen molar-refractivity contribution >= 4 is 23.6 Å². The lowest BCUT2D eigenvalue weighted by molar-refractivity contribution is -0.117. The van der Waals surface area contributed by atoms with E-state index in [0.717, 1.165) is 0 Å². The predicted molar refractivity (Wildman–Crippen MR) is 94.2 cm³/mol. The van der Waals surface area contributed by atoms with Crippen molar-refractivity contribution in [3.05, 3.63) is 59.7 Å². The molecule has 0 unspecified atom stereocenters. The van der Waals surface area contributed by atoms with Crippen molar-refractivity contribution in [2.75, 3.05) is 18.7 Å². The fourth-order valence-electron chi connectivity index (χ4n) is 2.53. The van der Waals surface area contributed by atoms with E-state index in [4.69, 9.17) is 9.47 Å². The van der Waals surface area contributed by atoms with Gasteiger partial charge in [0.15, 0.2) is 11.5 Å². The quantitative estimate of drug-likeness (QED) is 0.672. The molecular formula is C19H18N2O4. The van der Waals surface area contributed by atoms with Gasteiger partial charge in [-0.2, -0.15) is 0 Å². The van der Waals surface area contributed by atoms with Crippen molar-refractivity contribution in [1.82, 2.24) is 5.43 Å². The zero-order chi connectivity index (χ0) is 17.8. The van der Waals surface area contributed by atoms with Crippen LogP contribution in [0.1, 0.15) is 12.5 Å². The Morgan fingerprint density at radius 2 is 1.84 bits per heavy atom. The van der Waals surface area contributed by atoms with Gasteiger partial charge in [0.2, 0.25) is 0 Å². The summed E-state index contributed by atoms with van der Waals surface area (Å²) in [6.45, 7) is 2.36. The molecule has 0 atom stereocenters. The normalized spacial score (nSPS) is 15.4. The molecule has 1 heterocycles. The Morgan fingerprint density at radius 3 is 2.52 bits per heavy atom. The number of carbonyl (C=O) groups excluding carboxylic acids is 2. The molecule has 2 amide bonds. The molecule has 0 aliphatic carbocycles. The average Bonchev–Trinajstić information content (AvgIpc) is 2.91. The zero-order valence-corrected chi connectivity index (χ0v) is 14.0. The summed E-state index contributed by atoms with van der Waals surface area (Å²) in [6, 6.07) is 14.2. The maximum absolute atomic E-state index is 12.6. The third kappa shape index (κ3) is 3.33. The minimum absolute atomic E-state index is 0.0662. The highest BCUT2D eigenvalue weighted by atomic mass is 16.5. The molecule has 1 aliphatic rings. The number of methoxy groups -OCH3 is 1. The average molecular weight is 338 g/mol. The zero-order valence-electron chi connectivity index (χ0n) is 14.0. The summed E-state index contributed by atoms with van der Waals surface area (Å²) in [5.74, 6) is 0.315. The molecule has 3 rings (SSSR count). The highest BCUT2D eigenvalue weighted by Crippen LogP contribution is 2.29. The fourth-order valence-corrected chi connectivity index (χ4v) is 2.53. The van der Waals surface area contributed by atoms with E-state index in [2.05, 4.69) is 5.43 Å². The first kappa shape index (κ1) is 16.6. The Morgan fingerprint density at radius 1 is 1.08 bits per heavy atom.